The third kappa shape index (κ3) is 6.89. The van der Waals surface area contributed by atoms with Crippen molar-refractivity contribution >= 4 is 45.5 Å². The van der Waals surface area contributed by atoms with Crippen LogP contribution in [0.4, 0.5) is 10.5 Å². The Hall–Kier alpha value is -3.91. The molecule has 4 amide bonds. The molecule has 0 unspecified atom stereocenters. The smallest absolute Gasteiger partial charge is 0.335 e. The predicted molar refractivity (Wildman–Crippen MR) is 150 cm³/mol. The molecule has 1 aliphatic heterocycles. The second-order valence-electron chi connectivity index (χ2n) is 8.82. The van der Waals surface area contributed by atoms with Gasteiger partial charge in [-0.1, -0.05) is 72.4 Å². The molecule has 0 radical (unpaired) electrons. The van der Waals surface area contributed by atoms with Gasteiger partial charge in [0.2, 0.25) is 0 Å². The molecule has 1 fully saturated rings. The zero-order chi connectivity index (χ0) is 26.9. The van der Waals surface area contributed by atoms with E-state index in [0.717, 1.165) is 40.6 Å². The summed E-state index contributed by atoms with van der Waals surface area (Å²) in [5, 5.41) is 2.27. The molecule has 1 saturated heterocycles. The Morgan fingerprint density at radius 2 is 1.66 bits per heavy atom. The van der Waals surface area contributed by atoms with E-state index in [9.17, 15) is 14.4 Å². The van der Waals surface area contributed by atoms with Gasteiger partial charge in [-0.15, -0.1) is 0 Å². The molecular weight excluding hydrogens is 548 g/mol. The van der Waals surface area contributed by atoms with Crippen LogP contribution in [0.1, 0.15) is 43.7 Å². The van der Waals surface area contributed by atoms with Gasteiger partial charge in [0.05, 0.1) is 12.3 Å². The topological polar surface area (TPSA) is 84.9 Å². The average molecular weight is 577 g/mol. The maximum Gasteiger partial charge on any atom is 0.335 e. The summed E-state index contributed by atoms with van der Waals surface area (Å²) in [6.45, 7) is 3.07. The van der Waals surface area contributed by atoms with Crippen LogP contribution in [0.2, 0.25) is 0 Å². The van der Waals surface area contributed by atoms with Crippen LogP contribution in [-0.4, -0.2) is 24.5 Å². The Kier molecular flexibility index (Phi) is 9.32. The fourth-order valence-corrected chi connectivity index (χ4v) is 4.33. The molecule has 196 valence electrons. The Balaban J connectivity index is 1.52. The number of carbonyl (C=O) groups excluding carboxylic acids is 3. The van der Waals surface area contributed by atoms with E-state index < -0.39 is 17.8 Å². The molecular formula is C30H29BrN2O5. The summed E-state index contributed by atoms with van der Waals surface area (Å²) in [6.07, 6.45) is 5.70. The highest BCUT2D eigenvalue weighted by molar-refractivity contribution is 9.10. The van der Waals surface area contributed by atoms with Gasteiger partial charge in [0.25, 0.3) is 11.8 Å². The highest BCUT2D eigenvalue weighted by atomic mass is 79.9. The molecule has 3 aromatic carbocycles. The van der Waals surface area contributed by atoms with Gasteiger partial charge in [-0.25, -0.2) is 9.69 Å². The van der Waals surface area contributed by atoms with E-state index in [2.05, 4.69) is 28.2 Å². The second kappa shape index (κ2) is 13.1. The first-order chi connectivity index (χ1) is 18.5. The maximum atomic E-state index is 13.4. The number of nitrogens with one attached hydrogen (secondary N) is 1. The standard InChI is InChI=1S/C30H29BrN2O5/c1-2-3-4-8-17-37-27-16-11-23(31)18-22(27)19-26-28(34)32-30(36)33(29(26)35)24-12-14-25(15-13-24)38-20-21-9-6-5-7-10-21/h5-7,9-16,18-19H,2-4,8,17,20H2,1H3,(H,32,34,36)/b26-19-. The van der Waals surface area contributed by atoms with Gasteiger partial charge in [-0.2, -0.15) is 0 Å². The van der Waals surface area contributed by atoms with E-state index in [-0.39, 0.29) is 5.57 Å². The van der Waals surface area contributed by atoms with Gasteiger partial charge < -0.3 is 9.47 Å². The van der Waals surface area contributed by atoms with Gasteiger partial charge >= 0.3 is 6.03 Å². The van der Waals surface area contributed by atoms with Crippen molar-refractivity contribution in [2.45, 2.75) is 39.2 Å². The van der Waals surface area contributed by atoms with Crippen LogP contribution < -0.4 is 19.7 Å². The van der Waals surface area contributed by atoms with Crippen molar-refractivity contribution in [1.82, 2.24) is 5.32 Å². The number of ether oxygens (including phenoxy) is 2. The van der Waals surface area contributed by atoms with Gasteiger partial charge in [-0.05, 0) is 60.5 Å². The number of amides is 4. The highest BCUT2D eigenvalue weighted by Crippen LogP contribution is 2.29. The summed E-state index contributed by atoms with van der Waals surface area (Å²) in [4.78, 5) is 39.6. The molecule has 1 heterocycles. The summed E-state index contributed by atoms with van der Waals surface area (Å²) in [7, 11) is 0. The Labute approximate surface area is 230 Å². The Morgan fingerprint density at radius 1 is 0.895 bits per heavy atom. The highest BCUT2D eigenvalue weighted by Gasteiger charge is 2.37. The lowest BCUT2D eigenvalue weighted by Crippen LogP contribution is -2.54. The van der Waals surface area contributed by atoms with Crippen LogP contribution in [-0.2, 0) is 16.2 Å². The van der Waals surface area contributed by atoms with Crippen molar-refractivity contribution < 1.29 is 23.9 Å². The maximum absolute atomic E-state index is 13.4. The lowest BCUT2D eigenvalue weighted by Gasteiger charge is -2.26. The monoisotopic (exact) mass is 576 g/mol. The fraction of sp³-hybridized carbons (Fsp3) is 0.233. The first kappa shape index (κ1) is 27.1. The number of anilines is 1. The zero-order valence-electron chi connectivity index (χ0n) is 21.1. The van der Waals surface area contributed by atoms with Crippen LogP contribution in [0.3, 0.4) is 0 Å². The zero-order valence-corrected chi connectivity index (χ0v) is 22.7. The molecule has 1 aliphatic rings. The number of carbonyl (C=O) groups is 3. The lowest BCUT2D eigenvalue weighted by molar-refractivity contribution is -0.122. The molecule has 0 aliphatic carbocycles. The van der Waals surface area contributed by atoms with E-state index in [1.165, 1.54) is 6.08 Å². The van der Waals surface area contributed by atoms with Crippen LogP contribution in [0.5, 0.6) is 11.5 Å². The Morgan fingerprint density at radius 3 is 2.39 bits per heavy atom. The van der Waals surface area contributed by atoms with E-state index in [1.54, 1.807) is 36.4 Å². The molecule has 8 heteroatoms. The predicted octanol–water partition coefficient (Wildman–Crippen LogP) is 6.65. The van der Waals surface area contributed by atoms with E-state index in [4.69, 9.17) is 9.47 Å². The van der Waals surface area contributed by atoms with Gasteiger partial charge in [0, 0.05) is 10.0 Å². The van der Waals surface area contributed by atoms with Crippen molar-refractivity contribution in [2.75, 3.05) is 11.5 Å². The number of unbranched alkanes of at least 4 members (excludes halogenated alkanes) is 3. The molecule has 0 bridgehead atoms. The van der Waals surface area contributed by atoms with Crippen molar-refractivity contribution in [3.8, 4) is 11.5 Å². The number of rotatable bonds is 11. The van der Waals surface area contributed by atoms with Gasteiger partial charge in [0.15, 0.2) is 0 Å². The first-order valence-electron chi connectivity index (χ1n) is 12.6. The summed E-state index contributed by atoms with van der Waals surface area (Å²) in [5.41, 5.74) is 1.74. The third-order valence-electron chi connectivity index (χ3n) is 5.97. The van der Waals surface area contributed by atoms with Crippen molar-refractivity contribution in [1.29, 1.82) is 0 Å². The van der Waals surface area contributed by atoms with Crippen molar-refractivity contribution in [3.05, 3.63) is 94.0 Å². The summed E-state index contributed by atoms with van der Waals surface area (Å²) in [6, 6.07) is 20.9. The quantitative estimate of drug-likeness (QED) is 0.157. The van der Waals surface area contributed by atoms with E-state index in [0.29, 0.717) is 36.0 Å². The van der Waals surface area contributed by atoms with Crippen LogP contribution in [0, 0.1) is 0 Å². The third-order valence-corrected chi connectivity index (χ3v) is 6.47. The van der Waals surface area contributed by atoms with Gasteiger partial charge in [-0.3, -0.25) is 14.9 Å². The minimum atomic E-state index is -0.809. The molecule has 0 aromatic heterocycles. The van der Waals surface area contributed by atoms with Crippen LogP contribution in [0.25, 0.3) is 6.08 Å². The molecule has 7 nitrogen and oxygen atoms in total. The van der Waals surface area contributed by atoms with Crippen molar-refractivity contribution in [3.63, 3.8) is 0 Å². The van der Waals surface area contributed by atoms with Gasteiger partial charge in [0.1, 0.15) is 23.7 Å². The van der Waals surface area contributed by atoms with Crippen LogP contribution in [0.15, 0.2) is 82.8 Å². The average Bonchev–Trinajstić information content (AvgIpc) is 2.92. The van der Waals surface area contributed by atoms with Crippen molar-refractivity contribution in [2.24, 2.45) is 0 Å². The number of nitrogens with zero attached hydrogens (tertiary/aromatic N) is 1. The minimum absolute atomic E-state index is 0.164. The Bertz CT molecular complexity index is 1320. The minimum Gasteiger partial charge on any atom is -0.493 e. The lowest BCUT2D eigenvalue weighted by atomic mass is 10.1. The second-order valence-corrected chi connectivity index (χ2v) is 9.73. The molecule has 0 saturated carbocycles. The SMILES string of the molecule is CCCCCCOc1ccc(Br)cc1/C=C1/C(=O)NC(=O)N(c2ccc(OCc3ccccc3)cc2)C1=O. The summed E-state index contributed by atoms with van der Waals surface area (Å²) >= 11 is 3.44. The number of halogens is 1. The van der Waals surface area contributed by atoms with E-state index in [1.807, 2.05) is 36.4 Å². The molecule has 0 spiro atoms. The number of urea groups is 1. The van der Waals surface area contributed by atoms with Crippen LogP contribution >= 0.6 is 15.9 Å². The summed E-state index contributed by atoms with van der Waals surface area (Å²) < 4.78 is 12.5. The number of benzene rings is 3. The fourth-order valence-electron chi connectivity index (χ4n) is 3.95. The largest absolute Gasteiger partial charge is 0.493 e. The number of hydrogen-bond acceptors (Lipinski definition) is 5. The molecule has 1 N–H and O–H groups in total. The summed E-state index contributed by atoms with van der Waals surface area (Å²) in [5.74, 6) is -0.330. The number of imide groups is 2. The van der Waals surface area contributed by atoms with E-state index >= 15 is 0 Å². The molecule has 0 atom stereocenters. The molecule has 4 rings (SSSR count). The molecule has 3 aromatic rings. The number of hydrogen-bond donors (Lipinski definition) is 1. The first-order valence-corrected chi connectivity index (χ1v) is 13.4. The normalized spacial score (nSPS) is 14.5. The molecule has 38 heavy (non-hydrogen) atoms. The number of barbiturate groups is 1.